The number of nitrogens with zero attached hydrogens (tertiary/aromatic N) is 4. The van der Waals surface area contributed by atoms with E-state index in [0.29, 0.717) is 18.3 Å². The van der Waals surface area contributed by atoms with E-state index < -0.39 is 0 Å². The highest BCUT2D eigenvalue weighted by Crippen LogP contribution is 2.31. The highest BCUT2D eigenvalue weighted by molar-refractivity contribution is 5.55. The zero-order valence-corrected chi connectivity index (χ0v) is 19.2. The summed E-state index contributed by atoms with van der Waals surface area (Å²) in [6.45, 7) is 7.53. The van der Waals surface area contributed by atoms with Gasteiger partial charge in [0.25, 0.3) is 5.89 Å². The summed E-state index contributed by atoms with van der Waals surface area (Å²) in [6, 6.07) is 14.9. The van der Waals surface area contributed by atoms with Crippen LogP contribution in [0.2, 0.25) is 0 Å². The van der Waals surface area contributed by atoms with Gasteiger partial charge in [0.1, 0.15) is 23.2 Å². The summed E-state index contributed by atoms with van der Waals surface area (Å²) in [7, 11) is 0. The minimum atomic E-state index is -0.272. The van der Waals surface area contributed by atoms with Crippen LogP contribution in [0.3, 0.4) is 0 Å². The molecule has 5 rings (SSSR count). The summed E-state index contributed by atoms with van der Waals surface area (Å²) < 4.78 is 38.5. The first-order chi connectivity index (χ1) is 16.5. The van der Waals surface area contributed by atoms with Crippen LogP contribution in [0.15, 0.2) is 63.4 Å². The molecular formula is C26H26F2N4O2. The molecular weight excluding hydrogens is 438 g/mol. The van der Waals surface area contributed by atoms with E-state index in [4.69, 9.17) is 8.83 Å². The van der Waals surface area contributed by atoms with Gasteiger partial charge in [-0.05, 0) is 55.3 Å². The summed E-state index contributed by atoms with van der Waals surface area (Å²) in [5.41, 5.74) is 2.78. The molecule has 0 bridgehead atoms. The summed E-state index contributed by atoms with van der Waals surface area (Å²) in [5.74, 6) is 2.05. The lowest BCUT2D eigenvalue weighted by atomic mass is 9.96. The molecule has 4 aromatic rings. The predicted octanol–water partition coefficient (Wildman–Crippen LogP) is 5.13. The minimum absolute atomic E-state index is 0.0781. The quantitative estimate of drug-likeness (QED) is 0.394. The molecule has 2 aromatic carbocycles. The second kappa shape index (κ2) is 9.48. The van der Waals surface area contributed by atoms with E-state index in [1.54, 1.807) is 24.3 Å². The van der Waals surface area contributed by atoms with Crippen molar-refractivity contribution >= 4 is 0 Å². The third-order valence-corrected chi connectivity index (χ3v) is 6.24. The number of hydrogen-bond donors (Lipinski definition) is 0. The van der Waals surface area contributed by atoms with Gasteiger partial charge in [-0.2, -0.15) is 0 Å². The van der Waals surface area contributed by atoms with Crippen LogP contribution in [-0.4, -0.2) is 46.2 Å². The normalized spacial score (nSPS) is 15.3. The number of aromatic nitrogens is 2. The number of rotatable bonds is 6. The fourth-order valence-corrected chi connectivity index (χ4v) is 4.54. The molecule has 1 aliphatic heterocycles. The first-order valence-corrected chi connectivity index (χ1v) is 11.3. The lowest BCUT2D eigenvalue weighted by Crippen LogP contribution is -2.47. The average Bonchev–Trinajstić information content (AvgIpc) is 3.43. The van der Waals surface area contributed by atoms with Crippen molar-refractivity contribution in [3.05, 3.63) is 94.8 Å². The number of furan rings is 1. The van der Waals surface area contributed by atoms with Crippen LogP contribution in [0.25, 0.3) is 11.5 Å². The van der Waals surface area contributed by atoms with Crippen molar-refractivity contribution in [1.29, 1.82) is 0 Å². The van der Waals surface area contributed by atoms with Crippen LogP contribution in [0.5, 0.6) is 0 Å². The van der Waals surface area contributed by atoms with Crippen LogP contribution in [0.1, 0.15) is 34.6 Å². The van der Waals surface area contributed by atoms with Gasteiger partial charge >= 0.3 is 0 Å². The molecule has 0 radical (unpaired) electrons. The maximum atomic E-state index is 13.5. The van der Waals surface area contributed by atoms with Crippen molar-refractivity contribution in [2.45, 2.75) is 26.4 Å². The Hall–Kier alpha value is -3.36. The topological polar surface area (TPSA) is 58.5 Å². The van der Waals surface area contributed by atoms with Crippen LogP contribution in [0.4, 0.5) is 8.78 Å². The van der Waals surface area contributed by atoms with E-state index in [1.807, 2.05) is 19.9 Å². The molecule has 0 spiro atoms. The standard InChI is InChI=1S/C26H26F2N4O2/c1-17-15-23(18(2)33-17)26-30-29-24(34-26)16-31-11-13-32(14-12-31)25(19-3-7-21(27)8-4-19)20-5-9-22(28)10-6-20/h3-10,15,25H,11-14,16H2,1-2H3. The first kappa shape index (κ1) is 22.4. The Morgan fingerprint density at radius 2 is 1.41 bits per heavy atom. The van der Waals surface area contributed by atoms with E-state index >= 15 is 0 Å². The Balaban J connectivity index is 1.28. The Morgan fingerprint density at radius 1 is 0.824 bits per heavy atom. The number of piperazine rings is 1. The van der Waals surface area contributed by atoms with Gasteiger partial charge < -0.3 is 8.83 Å². The molecule has 1 saturated heterocycles. The minimum Gasteiger partial charge on any atom is -0.466 e. The van der Waals surface area contributed by atoms with Crippen molar-refractivity contribution < 1.29 is 17.6 Å². The molecule has 0 saturated carbocycles. The Morgan fingerprint density at radius 3 is 1.94 bits per heavy atom. The fraction of sp³-hybridized carbons (Fsp3) is 0.308. The van der Waals surface area contributed by atoms with Gasteiger partial charge in [-0.25, -0.2) is 8.78 Å². The van der Waals surface area contributed by atoms with E-state index in [2.05, 4.69) is 20.0 Å². The predicted molar refractivity (Wildman–Crippen MR) is 123 cm³/mol. The maximum Gasteiger partial charge on any atom is 0.251 e. The average molecular weight is 465 g/mol. The molecule has 2 aromatic heterocycles. The van der Waals surface area contributed by atoms with Gasteiger partial charge in [0.2, 0.25) is 5.89 Å². The summed E-state index contributed by atoms with van der Waals surface area (Å²) >= 11 is 0. The number of hydrogen-bond acceptors (Lipinski definition) is 6. The monoisotopic (exact) mass is 464 g/mol. The molecule has 176 valence electrons. The van der Waals surface area contributed by atoms with Crippen LogP contribution >= 0.6 is 0 Å². The molecule has 0 N–H and O–H groups in total. The third-order valence-electron chi connectivity index (χ3n) is 6.24. The molecule has 1 aliphatic rings. The zero-order chi connectivity index (χ0) is 23.7. The number of halogens is 2. The van der Waals surface area contributed by atoms with Gasteiger partial charge in [0, 0.05) is 26.2 Å². The van der Waals surface area contributed by atoms with Gasteiger partial charge in [0.05, 0.1) is 18.2 Å². The Kier molecular flexibility index (Phi) is 6.26. The van der Waals surface area contributed by atoms with Crippen molar-refractivity contribution in [2.75, 3.05) is 26.2 Å². The Labute approximate surface area is 196 Å². The molecule has 0 amide bonds. The molecule has 0 aliphatic carbocycles. The SMILES string of the molecule is Cc1cc(-c2nnc(CN3CCN(C(c4ccc(F)cc4)c4ccc(F)cc4)CC3)o2)c(C)o1. The van der Waals surface area contributed by atoms with E-state index in [9.17, 15) is 8.78 Å². The molecule has 0 atom stereocenters. The summed E-state index contributed by atoms with van der Waals surface area (Å²) in [6.07, 6.45) is 0. The largest absolute Gasteiger partial charge is 0.466 e. The molecule has 0 unspecified atom stereocenters. The van der Waals surface area contributed by atoms with Crippen molar-refractivity contribution in [3.63, 3.8) is 0 Å². The smallest absolute Gasteiger partial charge is 0.251 e. The second-order valence-electron chi connectivity index (χ2n) is 8.65. The molecule has 6 nitrogen and oxygen atoms in total. The fourth-order valence-electron chi connectivity index (χ4n) is 4.54. The zero-order valence-electron chi connectivity index (χ0n) is 19.2. The van der Waals surface area contributed by atoms with Crippen LogP contribution in [0, 0.1) is 25.5 Å². The van der Waals surface area contributed by atoms with E-state index in [-0.39, 0.29) is 17.7 Å². The third kappa shape index (κ3) is 4.78. The summed E-state index contributed by atoms with van der Waals surface area (Å²) in [4.78, 5) is 4.61. The van der Waals surface area contributed by atoms with Gasteiger partial charge in [-0.3, -0.25) is 9.80 Å². The highest BCUT2D eigenvalue weighted by atomic mass is 19.1. The molecule has 34 heavy (non-hydrogen) atoms. The van der Waals surface area contributed by atoms with Crippen LogP contribution in [-0.2, 0) is 6.54 Å². The summed E-state index contributed by atoms with van der Waals surface area (Å²) in [5, 5.41) is 8.41. The second-order valence-corrected chi connectivity index (χ2v) is 8.65. The van der Waals surface area contributed by atoms with E-state index in [0.717, 1.165) is 54.4 Å². The maximum absolute atomic E-state index is 13.5. The van der Waals surface area contributed by atoms with Crippen molar-refractivity contribution in [2.24, 2.45) is 0 Å². The molecule has 1 fully saturated rings. The van der Waals surface area contributed by atoms with E-state index in [1.165, 1.54) is 24.3 Å². The number of benzene rings is 2. The van der Waals surface area contributed by atoms with Gasteiger partial charge in [-0.1, -0.05) is 24.3 Å². The van der Waals surface area contributed by atoms with Gasteiger partial charge in [0.15, 0.2) is 0 Å². The lowest BCUT2D eigenvalue weighted by molar-refractivity contribution is 0.0985. The molecule has 8 heteroatoms. The van der Waals surface area contributed by atoms with Gasteiger partial charge in [-0.15, -0.1) is 10.2 Å². The molecule has 3 heterocycles. The lowest BCUT2D eigenvalue weighted by Gasteiger charge is -2.39. The highest BCUT2D eigenvalue weighted by Gasteiger charge is 2.27. The Bertz CT molecular complexity index is 1200. The number of aryl methyl sites for hydroxylation is 2. The van der Waals surface area contributed by atoms with Crippen LogP contribution < -0.4 is 0 Å². The van der Waals surface area contributed by atoms with Crippen molar-refractivity contribution in [1.82, 2.24) is 20.0 Å². The van der Waals surface area contributed by atoms with Crippen molar-refractivity contribution in [3.8, 4) is 11.5 Å². The first-order valence-electron chi connectivity index (χ1n) is 11.3.